The molecule has 2 aliphatic rings. The zero-order chi connectivity index (χ0) is 29.7. The molecule has 0 aliphatic carbocycles. The predicted octanol–water partition coefficient (Wildman–Crippen LogP) is 2.96. The number of pyridine rings is 2. The van der Waals surface area contributed by atoms with Crippen LogP contribution in [0.1, 0.15) is 51.4 Å². The SMILES string of the molecule is C=CC(=O)N1C(C)CN(c2nc(=O)n3c4nc(c(F)cc24)-n2nncc2CCCOc2ccnc(C(C)C)c2-3)CC1C. The number of aromatic nitrogens is 7. The van der Waals surface area contributed by atoms with E-state index in [0.29, 0.717) is 60.7 Å². The molecule has 0 aromatic carbocycles. The summed E-state index contributed by atoms with van der Waals surface area (Å²) in [6.07, 6.45) is 5.65. The third-order valence-electron chi connectivity index (χ3n) is 7.77. The Kier molecular flexibility index (Phi) is 6.95. The van der Waals surface area contributed by atoms with Crippen molar-refractivity contribution in [2.24, 2.45) is 0 Å². The number of fused-ring (bicyclic) bond motifs is 5. The molecule has 1 saturated heterocycles. The minimum absolute atomic E-state index is 0.0681. The Morgan fingerprint density at radius 1 is 1.19 bits per heavy atom. The molecule has 2 bridgehead atoms. The second kappa shape index (κ2) is 10.6. The van der Waals surface area contributed by atoms with Gasteiger partial charge in [0.2, 0.25) is 5.91 Å². The molecule has 4 aromatic heterocycles. The smallest absolute Gasteiger partial charge is 0.356 e. The van der Waals surface area contributed by atoms with Gasteiger partial charge in [-0.25, -0.2) is 18.7 Å². The monoisotopic (exact) mass is 573 g/mol. The van der Waals surface area contributed by atoms with Crippen molar-refractivity contribution >= 4 is 22.8 Å². The Balaban J connectivity index is 1.65. The first-order valence-corrected chi connectivity index (χ1v) is 14.0. The van der Waals surface area contributed by atoms with E-state index in [0.717, 1.165) is 0 Å². The number of ether oxygens (including phenoxy) is 1. The van der Waals surface area contributed by atoms with E-state index >= 15 is 4.39 Å². The fourth-order valence-corrected chi connectivity index (χ4v) is 5.98. The molecule has 0 saturated carbocycles. The number of piperazine rings is 1. The van der Waals surface area contributed by atoms with Crippen LogP contribution in [-0.2, 0) is 11.2 Å². The fourth-order valence-electron chi connectivity index (χ4n) is 5.98. The van der Waals surface area contributed by atoms with E-state index < -0.39 is 11.5 Å². The number of anilines is 1. The second-order valence-electron chi connectivity index (χ2n) is 11.1. The van der Waals surface area contributed by atoms with Crippen molar-refractivity contribution in [2.75, 3.05) is 24.6 Å². The normalized spacial score (nSPS) is 18.7. The zero-order valence-corrected chi connectivity index (χ0v) is 24.0. The van der Waals surface area contributed by atoms with Gasteiger partial charge in [0.25, 0.3) is 0 Å². The van der Waals surface area contributed by atoms with Crippen LogP contribution >= 0.6 is 0 Å². The maximum atomic E-state index is 16.0. The van der Waals surface area contributed by atoms with Crippen LogP contribution < -0.4 is 15.3 Å². The third-order valence-corrected chi connectivity index (χ3v) is 7.77. The highest BCUT2D eigenvalue weighted by Gasteiger charge is 2.34. The van der Waals surface area contributed by atoms with Crippen molar-refractivity contribution in [2.45, 2.75) is 58.5 Å². The number of halogens is 1. The van der Waals surface area contributed by atoms with Crippen molar-refractivity contribution in [3.8, 4) is 17.3 Å². The second-order valence-corrected chi connectivity index (χ2v) is 11.1. The average Bonchev–Trinajstić information content (AvgIpc) is 3.41. The van der Waals surface area contributed by atoms with Gasteiger partial charge in [-0.2, -0.15) is 9.67 Å². The summed E-state index contributed by atoms with van der Waals surface area (Å²) in [5.41, 5.74) is 1.29. The maximum Gasteiger partial charge on any atom is 0.356 e. The number of aryl methyl sites for hydroxylation is 1. The number of carbonyl (C=O) groups excluding carboxylic acids is 1. The van der Waals surface area contributed by atoms with Gasteiger partial charge in [0.05, 0.1) is 29.6 Å². The molecule has 0 spiro atoms. The molecule has 42 heavy (non-hydrogen) atoms. The quantitative estimate of drug-likeness (QED) is 0.340. The summed E-state index contributed by atoms with van der Waals surface area (Å²) in [5, 5.41) is 8.44. The van der Waals surface area contributed by atoms with E-state index in [4.69, 9.17) is 9.72 Å². The molecular formula is C29H32FN9O3. The van der Waals surface area contributed by atoms with Gasteiger partial charge < -0.3 is 14.5 Å². The Morgan fingerprint density at radius 3 is 2.67 bits per heavy atom. The number of hydrogen-bond acceptors (Lipinski definition) is 9. The summed E-state index contributed by atoms with van der Waals surface area (Å²) in [4.78, 5) is 44.1. The highest BCUT2D eigenvalue weighted by Crippen LogP contribution is 2.35. The topological polar surface area (TPSA) is 124 Å². The van der Waals surface area contributed by atoms with Crippen LogP contribution in [0.25, 0.3) is 22.5 Å². The van der Waals surface area contributed by atoms with Gasteiger partial charge in [0, 0.05) is 37.4 Å². The van der Waals surface area contributed by atoms with Crippen molar-refractivity contribution in [1.82, 2.24) is 39.4 Å². The van der Waals surface area contributed by atoms with E-state index in [9.17, 15) is 9.59 Å². The fraction of sp³-hybridized carbons (Fsp3) is 0.414. The molecule has 4 aromatic rings. The highest BCUT2D eigenvalue weighted by molar-refractivity contribution is 5.90. The summed E-state index contributed by atoms with van der Waals surface area (Å²) in [6, 6.07) is 2.64. The van der Waals surface area contributed by atoms with Gasteiger partial charge in [-0.3, -0.25) is 9.78 Å². The van der Waals surface area contributed by atoms with E-state index in [1.165, 1.54) is 21.4 Å². The van der Waals surface area contributed by atoms with Crippen LogP contribution in [0, 0.1) is 5.82 Å². The van der Waals surface area contributed by atoms with Crippen molar-refractivity contribution in [3.05, 3.63) is 64.9 Å². The molecule has 6 rings (SSSR count). The lowest BCUT2D eigenvalue weighted by atomic mass is 10.1. The largest absolute Gasteiger partial charge is 0.491 e. The zero-order valence-electron chi connectivity index (χ0n) is 24.0. The molecule has 2 aliphatic heterocycles. The summed E-state index contributed by atoms with van der Waals surface area (Å²) < 4.78 is 24.9. The van der Waals surface area contributed by atoms with Crippen LogP contribution in [0.3, 0.4) is 0 Å². The van der Waals surface area contributed by atoms with Crippen molar-refractivity contribution in [1.29, 1.82) is 0 Å². The Bertz CT molecular complexity index is 1750. The van der Waals surface area contributed by atoms with Gasteiger partial charge in [0.15, 0.2) is 17.3 Å². The van der Waals surface area contributed by atoms with Crippen LogP contribution in [0.4, 0.5) is 10.2 Å². The van der Waals surface area contributed by atoms with Gasteiger partial charge in [0.1, 0.15) is 17.3 Å². The van der Waals surface area contributed by atoms with Crippen LogP contribution in [0.2, 0.25) is 0 Å². The number of carbonyl (C=O) groups is 1. The lowest BCUT2D eigenvalue weighted by Gasteiger charge is -2.44. The Labute approximate surface area is 241 Å². The lowest BCUT2D eigenvalue weighted by molar-refractivity contribution is -0.130. The third kappa shape index (κ3) is 4.48. The first kappa shape index (κ1) is 27.5. The molecule has 0 radical (unpaired) electrons. The first-order valence-electron chi connectivity index (χ1n) is 14.0. The predicted molar refractivity (Wildman–Crippen MR) is 154 cm³/mol. The molecule has 13 heteroatoms. The van der Waals surface area contributed by atoms with Gasteiger partial charge in [-0.05, 0) is 44.7 Å². The number of amides is 1. The molecular weight excluding hydrogens is 541 g/mol. The Morgan fingerprint density at radius 2 is 1.95 bits per heavy atom. The lowest BCUT2D eigenvalue weighted by Crippen LogP contribution is -2.58. The minimum atomic E-state index is -0.632. The summed E-state index contributed by atoms with van der Waals surface area (Å²) in [6.45, 7) is 12.5. The Hall–Kier alpha value is -4.68. The summed E-state index contributed by atoms with van der Waals surface area (Å²) in [5.74, 6) is -0.190. The number of hydrogen-bond donors (Lipinski definition) is 0. The first-order chi connectivity index (χ1) is 20.2. The van der Waals surface area contributed by atoms with E-state index in [1.807, 2.05) is 32.6 Å². The van der Waals surface area contributed by atoms with E-state index in [2.05, 4.69) is 26.9 Å². The van der Waals surface area contributed by atoms with E-state index in [-0.39, 0.29) is 41.2 Å². The molecule has 1 fully saturated rings. The van der Waals surface area contributed by atoms with E-state index in [1.54, 1.807) is 23.4 Å². The standard InChI is InChI=1S/C29H32FN9O3/c1-6-23(40)37-17(4)14-36(15-18(37)5)26-20-12-21(30)28-33-27(20)38(29(41)34-26)25-22(9-10-31-24(25)16(2)3)42-11-7-8-19-13-32-35-39(19)28/h6,9-10,12-13,16-18H,1,7-8,11,14-15H2,2-5H3. The number of nitrogens with zero attached hydrogens (tertiary/aromatic N) is 9. The summed E-state index contributed by atoms with van der Waals surface area (Å²) >= 11 is 0. The molecule has 1 amide bonds. The van der Waals surface area contributed by atoms with Crippen molar-refractivity contribution in [3.63, 3.8) is 0 Å². The molecule has 218 valence electrons. The van der Waals surface area contributed by atoms with Crippen LogP contribution in [0.15, 0.2) is 42.0 Å². The number of rotatable bonds is 3. The average molecular weight is 574 g/mol. The molecule has 6 heterocycles. The minimum Gasteiger partial charge on any atom is -0.491 e. The van der Waals surface area contributed by atoms with Crippen molar-refractivity contribution < 1.29 is 13.9 Å². The van der Waals surface area contributed by atoms with Crippen LogP contribution in [0.5, 0.6) is 5.75 Å². The molecule has 2 atom stereocenters. The highest BCUT2D eigenvalue weighted by atomic mass is 19.1. The van der Waals surface area contributed by atoms with Gasteiger partial charge in [-0.15, -0.1) is 5.10 Å². The molecule has 0 N–H and O–H groups in total. The maximum absolute atomic E-state index is 16.0. The van der Waals surface area contributed by atoms with Crippen LogP contribution in [-0.4, -0.2) is 77.1 Å². The van der Waals surface area contributed by atoms with Gasteiger partial charge >= 0.3 is 5.69 Å². The summed E-state index contributed by atoms with van der Waals surface area (Å²) in [7, 11) is 0. The molecule has 2 unspecified atom stereocenters. The molecule has 12 nitrogen and oxygen atoms in total. The van der Waals surface area contributed by atoms with Gasteiger partial charge in [-0.1, -0.05) is 25.6 Å².